The molecule has 1 rings (SSSR count). The molecule has 0 aliphatic heterocycles. The molecule has 0 radical (unpaired) electrons. The SMILES string of the molecule is COc1cc(CC#N)c(C(F)F)nc1Br. The maximum Gasteiger partial charge on any atom is 0.280 e. The average molecular weight is 277 g/mol. The molecule has 0 spiro atoms. The molecule has 80 valence electrons. The summed E-state index contributed by atoms with van der Waals surface area (Å²) >= 11 is 3.01. The molecule has 6 heteroatoms. The van der Waals surface area contributed by atoms with Crippen LogP contribution in [0.25, 0.3) is 0 Å². The van der Waals surface area contributed by atoms with Crippen LogP contribution in [0.1, 0.15) is 17.7 Å². The summed E-state index contributed by atoms with van der Waals surface area (Å²) in [4.78, 5) is 3.65. The molecule has 1 aromatic heterocycles. The third-order valence-corrected chi connectivity index (χ3v) is 2.32. The number of rotatable bonds is 3. The lowest BCUT2D eigenvalue weighted by molar-refractivity contribution is 0.144. The standard InChI is InChI=1S/C9H7BrF2N2O/c1-15-6-4-5(2-3-13)7(9(11)12)14-8(6)10/h4,9H,2H2,1H3. The van der Waals surface area contributed by atoms with Crippen LogP contribution in [0.15, 0.2) is 10.7 Å². The van der Waals surface area contributed by atoms with Crippen molar-refractivity contribution in [3.63, 3.8) is 0 Å². The molecule has 0 aromatic carbocycles. The lowest BCUT2D eigenvalue weighted by atomic mass is 10.1. The molecule has 0 saturated heterocycles. The second-order valence-corrected chi connectivity index (χ2v) is 3.41. The topological polar surface area (TPSA) is 45.9 Å². The maximum absolute atomic E-state index is 12.5. The van der Waals surface area contributed by atoms with Crippen LogP contribution in [-0.4, -0.2) is 12.1 Å². The highest BCUT2D eigenvalue weighted by Gasteiger charge is 2.17. The van der Waals surface area contributed by atoms with E-state index in [-0.39, 0.29) is 22.3 Å². The van der Waals surface area contributed by atoms with Gasteiger partial charge in [-0.05, 0) is 27.6 Å². The number of nitrogens with zero attached hydrogens (tertiary/aromatic N) is 2. The fourth-order valence-corrected chi connectivity index (χ4v) is 1.55. The summed E-state index contributed by atoms with van der Waals surface area (Å²) in [6.45, 7) is 0. The molecule has 3 nitrogen and oxygen atoms in total. The van der Waals surface area contributed by atoms with Gasteiger partial charge in [0.1, 0.15) is 10.3 Å². The predicted molar refractivity (Wildman–Crippen MR) is 52.8 cm³/mol. The zero-order valence-corrected chi connectivity index (χ0v) is 9.38. The summed E-state index contributed by atoms with van der Waals surface area (Å²) in [6, 6.07) is 3.20. The first-order valence-electron chi connectivity index (χ1n) is 3.98. The van der Waals surface area contributed by atoms with Crippen LogP contribution in [0.3, 0.4) is 0 Å². The van der Waals surface area contributed by atoms with Gasteiger partial charge in [-0.1, -0.05) is 0 Å². The number of nitriles is 1. The number of halogens is 3. The Morgan fingerprint density at radius 3 is 2.80 bits per heavy atom. The van der Waals surface area contributed by atoms with Crippen molar-refractivity contribution in [2.24, 2.45) is 0 Å². The molecule has 1 aromatic rings. The van der Waals surface area contributed by atoms with E-state index >= 15 is 0 Å². The van der Waals surface area contributed by atoms with Gasteiger partial charge in [0.15, 0.2) is 5.75 Å². The Bertz CT molecular complexity index is 404. The Morgan fingerprint density at radius 1 is 1.67 bits per heavy atom. The zero-order valence-electron chi connectivity index (χ0n) is 7.80. The molecule has 0 amide bonds. The Labute approximate surface area is 93.8 Å². The van der Waals surface area contributed by atoms with Gasteiger partial charge < -0.3 is 4.74 Å². The van der Waals surface area contributed by atoms with E-state index in [9.17, 15) is 8.78 Å². The monoisotopic (exact) mass is 276 g/mol. The van der Waals surface area contributed by atoms with E-state index in [4.69, 9.17) is 10.00 Å². The number of ether oxygens (including phenoxy) is 1. The summed E-state index contributed by atoms with van der Waals surface area (Å²) in [5.41, 5.74) is -0.197. The second-order valence-electron chi connectivity index (χ2n) is 2.66. The minimum Gasteiger partial charge on any atom is -0.494 e. The van der Waals surface area contributed by atoms with E-state index < -0.39 is 6.43 Å². The molecular formula is C9H7BrF2N2O. The average Bonchev–Trinajstić information content (AvgIpc) is 2.20. The van der Waals surface area contributed by atoms with Crippen molar-refractivity contribution >= 4 is 15.9 Å². The van der Waals surface area contributed by atoms with E-state index in [1.807, 2.05) is 0 Å². The highest BCUT2D eigenvalue weighted by atomic mass is 79.9. The third-order valence-electron chi connectivity index (χ3n) is 1.75. The van der Waals surface area contributed by atoms with Crippen molar-refractivity contribution in [3.05, 3.63) is 21.9 Å². The Morgan fingerprint density at radius 2 is 2.33 bits per heavy atom. The molecule has 0 bridgehead atoms. The Kier molecular flexibility index (Phi) is 3.97. The number of alkyl halides is 2. The summed E-state index contributed by atoms with van der Waals surface area (Å²) in [6.07, 6.45) is -2.81. The molecule has 0 N–H and O–H groups in total. The first-order chi connectivity index (χ1) is 7.10. The lowest BCUT2D eigenvalue weighted by Crippen LogP contribution is -2.00. The molecule has 0 aliphatic carbocycles. The first kappa shape index (κ1) is 11.9. The van der Waals surface area contributed by atoms with Gasteiger partial charge in [0.05, 0.1) is 19.6 Å². The van der Waals surface area contributed by atoms with Crippen LogP contribution in [-0.2, 0) is 6.42 Å². The maximum atomic E-state index is 12.5. The summed E-state index contributed by atoms with van der Waals surface area (Å²) in [7, 11) is 1.40. The lowest BCUT2D eigenvalue weighted by Gasteiger charge is -2.09. The molecule has 0 unspecified atom stereocenters. The first-order valence-corrected chi connectivity index (χ1v) is 4.77. The number of pyridine rings is 1. The molecule has 1 heterocycles. The van der Waals surface area contributed by atoms with Gasteiger partial charge in [-0.3, -0.25) is 0 Å². The number of hydrogen-bond acceptors (Lipinski definition) is 3. The molecule has 15 heavy (non-hydrogen) atoms. The molecule has 0 aliphatic rings. The van der Waals surface area contributed by atoms with Gasteiger partial charge in [0, 0.05) is 0 Å². The highest BCUT2D eigenvalue weighted by molar-refractivity contribution is 9.10. The van der Waals surface area contributed by atoms with Crippen molar-refractivity contribution in [3.8, 4) is 11.8 Å². The summed E-state index contributed by atoms with van der Waals surface area (Å²) in [5, 5.41) is 8.48. The van der Waals surface area contributed by atoms with Gasteiger partial charge in [0.25, 0.3) is 6.43 Å². The molecule has 0 atom stereocenters. The van der Waals surface area contributed by atoms with Crippen molar-refractivity contribution in [1.29, 1.82) is 5.26 Å². The predicted octanol–water partition coefficient (Wildman–Crippen LogP) is 2.86. The summed E-state index contributed by atoms with van der Waals surface area (Å²) < 4.78 is 30.2. The van der Waals surface area contributed by atoms with Crippen LogP contribution < -0.4 is 4.74 Å². The van der Waals surface area contributed by atoms with Crippen molar-refractivity contribution in [2.45, 2.75) is 12.8 Å². The highest BCUT2D eigenvalue weighted by Crippen LogP contribution is 2.30. The van der Waals surface area contributed by atoms with E-state index in [2.05, 4.69) is 20.9 Å². The molecule has 0 fully saturated rings. The number of hydrogen-bond donors (Lipinski definition) is 0. The summed E-state index contributed by atoms with van der Waals surface area (Å²) in [5.74, 6) is 0.338. The van der Waals surface area contributed by atoms with Crippen molar-refractivity contribution in [2.75, 3.05) is 7.11 Å². The van der Waals surface area contributed by atoms with Gasteiger partial charge >= 0.3 is 0 Å². The van der Waals surface area contributed by atoms with Crippen molar-refractivity contribution in [1.82, 2.24) is 4.98 Å². The number of aromatic nitrogens is 1. The van der Waals surface area contributed by atoms with Crippen LogP contribution >= 0.6 is 15.9 Å². The van der Waals surface area contributed by atoms with Gasteiger partial charge in [0.2, 0.25) is 0 Å². The van der Waals surface area contributed by atoms with Crippen LogP contribution in [0.4, 0.5) is 8.78 Å². The van der Waals surface area contributed by atoms with E-state index in [0.29, 0.717) is 5.75 Å². The Hall–Kier alpha value is -1.22. The fourth-order valence-electron chi connectivity index (χ4n) is 1.08. The van der Waals surface area contributed by atoms with E-state index in [1.54, 1.807) is 6.07 Å². The van der Waals surface area contributed by atoms with E-state index in [0.717, 1.165) is 0 Å². The van der Waals surface area contributed by atoms with Gasteiger partial charge in [-0.25, -0.2) is 13.8 Å². The normalized spacial score (nSPS) is 10.1. The van der Waals surface area contributed by atoms with Gasteiger partial charge in [-0.2, -0.15) is 5.26 Å². The van der Waals surface area contributed by atoms with Crippen LogP contribution in [0.2, 0.25) is 0 Å². The van der Waals surface area contributed by atoms with Crippen LogP contribution in [0, 0.1) is 11.3 Å². The quantitative estimate of drug-likeness (QED) is 0.798. The van der Waals surface area contributed by atoms with E-state index in [1.165, 1.54) is 13.2 Å². The van der Waals surface area contributed by atoms with Gasteiger partial charge in [-0.15, -0.1) is 0 Å². The Balaban J connectivity index is 3.26. The largest absolute Gasteiger partial charge is 0.494 e. The minimum atomic E-state index is -2.70. The number of methoxy groups -OCH3 is 1. The fraction of sp³-hybridized carbons (Fsp3) is 0.333. The molecular weight excluding hydrogens is 270 g/mol. The minimum absolute atomic E-state index is 0.115. The smallest absolute Gasteiger partial charge is 0.280 e. The zero-order chi connectivity index (χ0) is 11.4. The third kappa shape index (κ3) is 2.63. The van der Waals surface area contributed by atoms with Crippen LogP contribution in [0.5, 0.6) is 5.75 Å². The molecule has 0 saturated carbocycles. The second kappa shape index (κ2) is 5.03. The van der Waals surface area contributed by atoms with Crippen molar-refractivity contribution < 1.29 is 13.5 Å².